The summed E-state index contributed by atoms with van der Waals surface area (Å²) in [7, 11) is 3.27. The van der Waals surface area contributed by atoms with E-state index in [-0.39, 0.29) is 19.7 Å². The first-order chi connectivity index (χ1) is 8.85. The quantitative estimate of drug-likeness (QED) is 0.346. The zero-order chi connectivity index (χ0) is 13.5. The summed E-state index contributed by atoms with van der Waals surface area (Å²) in [6.07, 6.45) is 0.893. The lowest BCUT2D eigenvalue weighted by Gasteiger charge is -2.16. The van der Waals surface area contributed by atoms with Gasteiger partial charge in [-0.2, -0.15) is 0 Å². The first kappa shape index (κ1) is 17.8. The molecule has 0 aliphatic heterocycles. The van der Waals surface area contributed by atoms with Crippen LogP contribution in [0.4, 0.5) is 0 Å². The molecule has 18 heavy (non-hydrogen) atoms. The highest BCUT2D eigenvalue weighted by Crippen LogP contribution is 1.99. The van der Waals surface area contributed by atoms with Crippen LogP contribution in [0.1, 0.15) is 13.3 Å². The molecule has 0 saturated carbocycles. The minimum absolute atomic E-state index is 0.0265. The second-order valence-corrected chi connectivity index (χ2v) is 3.61. The van der Waals surface area contributed by atoms with Crippen LogP contribution in [-0.4, -0.2) is 66.9 Å². The summed E-state index contributed by atoms with van der Waals surface area (Å²) in [5.41, 5.74) is 0. The maximum Gasteiger partial charge on any atom is 0.147 e. The second-order valence-electron chi connectivity index (χ2n) is 3.61. The SMILES string of the molecule is CCC(COCOCCOC)OCOCCOC. The third-order valence-corrected chi connectivity index (χ3v) is 2.18. The minimum Gasteiger partial charge on any atom is -0.382 e. The van der Waals surface area contributed by atoms with Gasteiger partial charge in [0.1, 0.15) is 13.6 Å². The van der Waals surface area contributed by atoms with Gasteiger partial charge in [-0.3, -0.25) is 0 Å². The Morgan fingerprint density at radius 3 is 1.94 bits per heavy atom. The molecule has 1 unspecified atom stereocenters. The molecule has 6 heteroatoms. The Morgan fingerprint density at radius 2 is 1.39 bits per heavy atom. The van der Waals surface area contributed by atoms with Gasteiger partial charge in [0, 0.05) is 14.2 Å². The molecule has 0 aliphatic carbocycles. The van der Waals surface area contributed by atoms with Crippen LogP contribution in [0, 0.1) is 0 Å². The van der Waals surface area contributed by atoms with Crippen molar-refractivity contribution < 1.29 is 28.4 Å². The van der Waals surface area contributed by atoms with Crippen LogP contribution in [0.5, 0.6) is 0 Å². The molecule has 0 N–H and O–H groups in total. The molecular weight excluding hydrogens is 240 g/mol. The number of ether oxygens (including phenoxy) is 6. The average molecular weight is 266 g/mol. The van der Waals surface area contributed by atoms with E-state index in [0.717, 1.165) is 6.42 Å². The number of hydrogen-bond acceptors (Lipinski definition) is 6. The van der Waals surface area contributed by atoms with Gasteiger partial charge in [0.2, 0.25) is 0 Å². The summed E-state index contributed by atoms with van der Waals surface area (Å²) in [4.78, 5) is 0. The van der Waals surface area contributed by atoms with Crippen molar-refractivity contribution in [1.29, 1.82) is 0 Å². The van der Waals surface area contributed by atoms with Gasteiger partial charge in [0.05, 0.1) is 39.1 Å². The van der Waals surface area contributed by atoms with Crippen molar-refractivity contribution in [1.82, 2.24) is 0 Å². The Hall–Kier alpha value is -0.240. The van der Waals surface area contributed by atoms with E-state index in [1.54, 1.807) is 14.2 Å². The van der Waals surface area contributed by atoms with E-state index < -0.39 is 0 Å². The van der Waals surface area contributed by atoms with Gasteiger partial charge in [0.15, 0.2) is 0 Å². The largest absolute Gasteiger partial charge is 0.382 e. The third-order valence-electron chi connectivity index (χ3n) is 2.18. The molecule has 6 nitrogen and oxygen atoms in total. The highest BCUT2D eigenvalue weighted by Gasteiger charge is 2.06. The smallest absolute Gasteiger partial charge is 0.147 e. The van der Waals surface area contributed by atoms with Crippen LogP contribution in [-0.2, 0) is 28.4 Å². The van der Waals surface area contributed by atoms with Gasteiger partial charge in [-0.05, 0) is 6.42 Å². The Labute approximate surface area is 109 Å². The predicted molar refractivity (Wildman–Crippen MR) is 66.5 cm³/mol. The molecule has 0 aromatic carbocycles. The molecule has 0 aliphatic rings. The van der Waals surface area contributed by atoms with Crippen LogP contribution in [0.2, 0.25) is 0 Å². The van der Waals surface area contributed by atoms with Gasteiger partial charge in [-0.1, -0.05) is 6.92 Å². The summed E-state index contributed by atoms with van der Waals surface area (Å²) < 4.78 is 30.9. The molecule has 0 aromatic rings. The second kappa shape index (κ2) is 14.8. The van der Waals surface area contributed by atoms with E-state index in [0.29, 0.717) is 33.0 Å². The molecule has 0 amide bonds. The fourth-order valence-electron chi connectivity index (χ4n) is 1.07. The lowest BCUT2D eigenvalue weighted by Crippen LogP contribution is -2.22. The normalized spacial score (nSPS) is 12.8. The Morgan fingerprint density at radius 1 is 0.778 bits per heavy atom. The maximum atomic E-state index is 5.48. The Kier molecular flexibility index (Phi) is 14.6. The van der Waals surface area contributed by atoms with Crippen LogP contribution in [0.25, 0.3) is 0 Å². The maximum absolute atomic E-state index is 5.48. The molecule has 0 heterocycles. The van der Waals surface area contributed by atoms with Crippen LogP contribution in [0.3, 0.4) is 0 Å². The van der Waals surface area contributed by atoms with Crippen molar-refractivity contribution >= 4 is 0 Å². The highest BCUT2D eigenvalue weighted by atomic mass is 16.7. The molecule has 0 aromatic heterocycles. The zero-order valence-electron chi connectivity index (χ0n) is 11.7. The van der Waals surface area contributed by atoms with Crippen molar-refractivity contribution in [3.05, 3.63) is 0 Å². The minimum atomic E-state index is 0.0265. The predicted octanol–water partition coefficient (Wildman–Crippen LogP) is 1.04. The Balaban J connectivity index is 3.29. The topological polar surface area (TPSA) is 55.4 Å². The summed E-state index contributed by atoms with van der Waals surface area (Å²) >= 11 is 0. The van der Waals surface area contributed by atoms with E-state index in [1.807, 2.05) is 6.92 Å². The van der Waals surface area contributed by atoms with Gasteiger partial charge in [-0.15, -0.1) is 0 Å². The van der Waals surface area contributed by atoms with E-state index in [2.05, 4.69) is 0 Å². The number of hydrogen-bond donors (Lipinski definition) is 0. The van der Waals surface area contributed by atoms with Crippen LogP contribution >= 0.6 is 0 Å². The van der Waals surface area contributed by atoms with Crippen molar-refractivity contribution in [2.75, 3.05) is 60.8 Å². The standard InChI is InChI=1S/C12H26O6/c1-4-12(18-11-16-8-6-14-3)9-17-10-15-7-5-13-2/h12H,4-11H2,1-3H3. The molecular formula is C12H26O6. The third kappa shape index (κ3) is 12.2. The Bertz CT molecular complexity index is 156. The van der Waals surface area contributed by atoms with Gasteiger partial charge in [-0.25, -0.2) is 0 Å². The molecule has 0 radical (unpaired) electrons. The van der Waals surface area contributed by atoms with Gasteiger partial charge in [0.25, 0.3) is 0 Å². The van der Waals surface area contributed by atoms with Crippen molar-refractivity contribution in [2.24, 2.45) is 0 Å². The molecule has 0 rings (SSSR count). The monoisotopic (exact) mass is 266 g/mol. The molecule has 110 valence electrons. The van der Waals surface area contributed by atoms with Crippen molar-refractivity contribution in [3.8, 4) is 0 Å². The summed E-state index contributed by atoms with van der Waals surface area (Å²) in [5.74, 6) is 0. The molecule has 0 bridgehead atoms. The zero-order valence-corrected chi connectivity index (χ0v) is 11.7. The highest BCUT2D eigenvalue weighted by molar-refractivity contribution is 4.51. The first-order valence-electron chi connectivity index (χ1n) is 6.17. The van der Waals surface area contributed by atoms with Gasteiger partial charge < -0.3 is 28.4 Å². The van der Waals surface area contributed by atoms with E-state index in [9.17, 15) is 0 Å². The lowest BCUT2D eigenvalue weighted by molar-refractivity contribution is -0.139. The average Bonchev–Trinajstić information content (AvgIpc) is 2.40. The first-order valence-corrected chi connectivity index (χ1v) is 6.17. The van der Waals surface area contributed by atoms with Crippen molar-refractivity contribution in [2.45, 2.75) is 19.4 Å². The summed E-state index contributed by atoms with van der Waals surface area (Å²) in [6, 6.07) is 0. The van der Waals surface area contributed by atoms with E-state index in [1.165, 1.54) is 0 Å². The number of methoxy groups -OCH3 is 2. The summed E-state index contributed by atoms with van der Waals surface area (Å²) in [5, 5.41) is 0. The molecule has 0 spiro atoms. The van der Waals surface area contributed by atoms with Crippen LogP contribution < -0.4 is 0 Å². The fraction of sp³-hybridized carbons (Fsp3) is 1.00. The van der Waals surface area contributed by atoms with Gasteiger partial charge >= 0.3 is 0 Å². The van der Waals surface area contributed by atoms with E-state index >= 15 is 0 Å². The molecule has 1 atom stereocenters. The molecule has 0 fully saturated rings. The van der Waals surface area contributed by atoms with Crippen LogP contribution in [0.15, 0.2) is 0 Å². The lowest BCUT2D eigenvalue weighted by atomic mass is 10.3. The number of rotatable bonds is 14. The van der Waals surface area contributed by atoms with Crippen molar-refractivity contribution in [3.63, 3.8) is 0 Å². The fourth-order valence-corrected chi connectivity index (χ4v) is 1.07. The van der Waals surface area contributed by atoms with E-state index in [4.69, 9.17) is 28.4 Å². The molecule has 0 saturated heterocycles. The summed E-state index contributed by atoms with van der Waals surface area (Å²) in [6.45, 7) is 5.27.